The fourth-order valence-electron chi connectivity index (χ4n) is 4.03. The van der Waals surface area contributed by atoms with E-state index in [2.05, 4.69) is 114 Å². The molecule has 0 aromatic heterocycles. The molecular weight excluding hydrogens is 500 g/mol. The molecule has 0 aliphatic rings. The van der Waals surface area contributed by atoms with E-state index in [1.807, 2.05) is 18.2 Å². The number of rotatable bonds is 14. The first-order valence-corrected chi connectivity index (χ1v) is 17.7. The van der Waals surface area contributed by atoms with Crippen LogP contribution in [0.5, 0.6) is 0 Å². The summed E-state index contributed by atoms with van der Waals surface area (Å²) in [6.45, 7) is 12.6. The van der Waals surface area contributed by atoms with E-state index in [0.29, 0.717) is 0 Å². The van der Waals surface area contributed by atoms with Crippen LogP contribution in [0.25, 0.3) is 0 Å². The van der Waals surface area contributed by atoms with E-state index in [1.165, 1.54) is 0 Å². The first kappa shape index (κ1) is 29.0. The van der Waals surface area contributed by atoms with Crippen molar-refractivity contribution in [2.24, 2.45) is 0 Å². The van der Waals surface area contributed by atoms with Crippen LogP contribution >= 0.6 is 0 Å². The zero-order chi connectivity index (χ0) is 26.0. The molecule has 0 saturated heterocycles. The van der Waals surface area contributed by atoms with E-state index >= 15 is 0 Å². The predicted molar refractivity (Wildman–Crippen MR) is 148 cm³/mol. The Bertz CT molecular complexity index is 891. The summed E-state index contributed by atoms with van der Waals surface area (Å²) >= 11 is -4.37. The van der Waals surface area contributed by atoms with Crippen molar-refractivity contribution in [2.45, 2.75) is 79.1 Å². The fraction of sp³-hybridized carbons (Fsp3) is 0.400. The minimum atomic E-state index is -4.37. The van der Waals surface area contributed by atoms with E-state index in [4.69, 9.17) is 13.0 Å². The van der Waals surface area contributed by atoms with Crippen molar-refractivity contribution in [1.82, 2.24) is 0 Å². The standard InChI is InChI=1S/C18H15OSi.3C4H9O.Ti/c19-20(16-10-4-1-5-11-16,17-12-6-2-7-13-17)18-14-8-3-9-15-18;3*1-3-4(2)5;/h1-15H;3*4H,3H2,1-2H3;/q4*-1;+4. The molecule has 0 fully saturated rings. The quantitative estimate of drug-likeness (QED) is 0.187. The van der Waals surface area contributed by atoms with E-state index in [0.717, 1.165) is 34.8 Å². The van der Waals surface area contributed by atoms with Crippen LogP contribution in [0.2, 0.25) is 0 Å². The molecule has 0 aliphatic heterocycles. The summed E-state index contributed by atoms with van der Waals surface area (Å²) < 4.78 is 28.0. The molecule has 0 radical (unpaired) electrons. The molecular formula is C30H42O4SiTi. The second-order valence-electron chi connectivity index (χ2n) is 9.39. The molecule has 3 unspecified atom stereocenters. The first-order valence-electron chi connectivity index (χ1n) is 13.3. The van der Waals surface area contributed by atoms with Crippen molar-refractivity contribution < 1.29 is 31.1 Å². The first-order chi connectivity index (χ1) is 17.4. The second kappa shape index (κ2) is 13.8. The summed E-state index contributed by atoms with van der Waals surface area (Å²) in [4.78, 5) is 0. The Kier molecular flexibility index (Phi) is 11.1. The predicted octanol–water partition coefficient (Wildman–Crippen LogP) is 5.93. The topological polar surface area (TPSA) is 36.9 Å². The molecule has 0 heterocycles. The molecule has 6 heteroatoms. The summed E-state index contributed by atoms with van der Waals surface area (Å²) in [5.41, 5.74) is 0. The molecule has 3 aromatic rings. The Labute approximate surface area is 224 Å². The third-order valence-corrected chi connectivity index (χ3v) is 16.4. The van der Waals surface area contributed by atoms with Gasteiger partial charge in [0.05, 0.1) is 0 Å². The maximum absolute atomic E-state index is 7.56. The van der Waals surface area contributed by atoms with Gasteiger partial charge in [-0.1, -0.05) is 0 Å². The van der Waals surface area contributed by atoms with Gasteiger partial charge in [-0.2, -0.15) is 0 Å². The van der Waals surface area contributed by atoms with Gasteiger partial charge in [-0.05, 0) is 0 Å². The van der Waals surface area contributed by atoms with Crippen LogP contribution in [0.3, 0.4) is 0 Å². The molecule has 0 spiro atoms. The van der Waals surface area contributed by atoms with E-state index in [-0.39, 0.29) is 18.3 Å². The average molecular weight is 543 g/mol. The monoisotopic (exact) mass is 542 g/mol. The van der Waals surface area contributed by atoms with Gasteiger partial charge in [-0.25, -0.2) is 0 Å². The van der Waals surface area contributed by atoms with Crippen LogP contribution in [0.4, 0.5) is 0 Å². The normalized spacial score (nSPS) is 16.2. The van der Waals surface area contributed by atoms with Gasteiger partial charge < -0.3 is 0 Å². The summed E-state index contributed by atoms with van der Waals surface area (Å²) in [6.07, 6.45) is 2.40. The van der Waals surface area contributed by atoms with Crippen LogP contribution in [0.1, 0.15) is 60.8 Å². The summed E-state index contributed by atoms with van der Waals surface area (Å²) in [7, 11) is -3.09. The van der Waals surface area contributed by atoms with Crippen LogP contribution < -0.4 is 15.6 Å². The van der Waals surface area contributed by atoms with E-state index < -0.39 is 26.5 Å². The van der Waals surface area contributed by atoms with Gasteiger partial charge in [0.25, 0.3) is 0 Å². The van der Waals surface area contributed by atoms with Gasteiger partial charge in [0.1, 0.15) is 0 Å². The molecule has 0 bridgehead atoms. The Morgan fingerprint density at radius 2 is 0.806 bits per heavy atom. The van der Waals surface area contributed by atoms with Crippen molar-refractivity contribution in [3.8, 4) is 0 Å². The SMILES string of the molecule is CCC(C)[O][Ti]([O]C(C)CC)([O]C(C)CC)[O][Si](c1ccccc1)(c1ccccc1)c1ccccc1. The molecule has 0 saturated carbocycles. The Morgan fingerprint density at radius 3 is 1.06 bits per heavy atom. The summed E-state index contributed by atoms with van der Waals surface area (Å²) in [5.74, 6) is 0. The second-order valence-corrected chi connectivity index (χ2v) is 16.3. The van der Waals surface area contributed by atoms with Gasteiger partial charge >= 0.3 is 225 Å². The molecule has 3 rings (SSSR count). The Hall–Kier alpha value is -1.57. The average Bonchev–Trinajstić information content (AvgIpc) is 2.93. The number of benzene rings is 3. The maximum atomic E-state index is 7.56. The molecule has 3 aromatic carbocycles. The van der Waals surface area contributed by atoms with Crippen LogP contribution in [-0.4, -0.2) is 26.6 Å². The molecule has 36 heavy (non-hydrogen) atoms. The van der Waals surface area contributed by atoms with E-state index in [1.54, 1.807) is 0 Å². The number of hydrogen-bond donors (Lipinski definition) is 0. The summed E-state index contributed by atoms with van der Waals surface area (Å²) in [5, 5.41) is 3.43. The van der Waals surface area contributed by atoms with Crippen LogP contribution in [0, 0.1) is 0 Å². The van der Waals surface area contributed by atoms with Crippen molar-refractivity contribution in [2.75, 3.05) is 0 Å². The van der Waals surface area contributed by atoms with Gasteiger partial charge in [0.15, 0.2) is 0 Å². The zero-order valence-electron chi connectivity index (χ0n) is 22.6. The van der Waals surface area contributed by atoms with Gasteiger partial charge in [-0.15, -0.1) is 0 Å². The van der Waals surface area contributed by atoms with Crippen molar-refractivity contribution in [1.29, 1.82) is 0 Å². The van der Waals surface area contributed by atoms with E-state index in [9.17, 15) is 0 Å². The molecule has 0 aliphatic carbocycles. The van der Waals surface area contributed by atoms with Crippen LogP contribution in [0.15, 0.2) is 91.0 Å². The third-order valence-electron chi connectivity index (χ3n) is 6.58. The Balaban J connectivity index is 2.33. The number of hydrogen-bond acceptors (Lipinski definition) is 4. The Morgan fingerprint density at radius 1 is 0.528 bits per heavy atom. The molecule has 3 atom stereocenters. The summed E-state index contributed by atoms with van der Waals surface area (Å²) in [6, 6.07) is 31.7. The molecule has 0 N–H and O–H groups in total. The molecule has 4 nitrogen and oxygen atoms in total. The van der Waals surface area contributed by atoms with Gasteiger partial charge in [-0.3, -0.25) is 0 Å². The van der Waals surface area contributed by atoms with Crippen LogP contribution in [-0.2, 0) is 31.1 Å². The fourth-order valence-corrected chi connectivity index (χ4v) is 15.3. The van der Waals surface area contributed by atoms with Gasteiger partial charge in [0.2, 0.25) is 0 Å². The zero-order valence-corrected chi connectivity index (χ0v) is 25.2. The molecule has 0 amide bonds. The van der Waals surface area contributed by atoms with Gasteiger partial charge in [0, 0.05) is 0 Å². The molecule has 194 valence electrons. The van der Waals surface area contributed by atoms with Crippen molar-refractivity contribution in [3.05, 3.63) is 91.0 Å². The van der Waals surface area contributed by atoms with Crippen molar-refractivity contribution >= 4 is 23.9 Å². The third kappa shape index (κ3) is 7.05. The minimum absolute atomic E-state index is 0.0490. The van der Waals surface area contributed by atoms with Crippen molar-refractivity contribution in [3.63, 3.8) is 0 Å².